The van der Waals surface area contributed by atoms with Crippen molar-refractivity contribution in [2.24, 2.45) is 0 Å². The van der Waals surface area contributed by atoms with Crippen LogP contribution in [0.5, 0.6) is 5.75 Å². The van der Waals surface area contributed by atoms with Gasteiger partial charge in [-0.1, -0.05) is 42.5 Å². The van der Waals surface area contributed by atoms with Crippen LogP contribution in [-0.4, -0.2) is 26.6 Å². The molecular weight excluding hydrogens is 352 g/mol. The first-order chi connectivity index (χ1) is 12.4. The molecule has 1 N–H and O–H groups in total. The van der Waals surface area contributed by atoms with Crippen molar-refractivity contribution in [3.05, 3.63) is 71.8 Å². The second-order valence-electron chi connectivity index (χ2n) is 5.90. The second kappa shape index (κ2) is 7.17. The fraction of sp³-hybridized carbons (Fsp3) is 0.150. The van der Waals surface area contributed by atoms with Gasteiger partial charge in [0.15, 0.2) is 9.84 Å². The minimum absolute atomic E-state index is 0.210. The van der Waals surface area contributed by atoms with Gasteiger partial charge in [-0.05, 0) is 34.7 Å². The number of carbonyl (C=O) groups is 1. The minimum atomic E-state index is -3.59. The van der Waals surface area contributed by atoms with Crippen molar-refractivity contribution in [3.63, 3.8) is 0 Å². The first kappa shape index (κ1) is 17.9. The van der Waals surface area contributed by atoms with E-state index in [0.717, 1.165) is 5.39 Å². The van der Waals surface area contributed by atoms with Gasteiger partial charge in [-0.2, -0.15) is 0 Å². The fourth-order valence-corrected chi connectivity index (χ4v) is 4.45. The molecule has 5 nitrogen and oxygen atoms in total. The van der Waals surface area contributed by atoms with Crippen LogP contribution in [0.2, 0.25) is 0 Å². The molecule has 0 atom stereocenters. The molecule has 0 spiro atoms. The van der Waals surface area contributed by atoms with Crippen molar-refractivity contribution in [3.8, 4) is 5.75 Å². The molecule has 6 heteroatoms. The summed E-state index contributed by atoms with van der Waals surface area (Å²) in [6.45, 7) is 0. The second-order valence-corrected chi connectivity index (χ2v) is 7.89. The van der Waals surface area contributed by atoms with E-state index in [9.17, 15) is 18.3 Å². The highest BCUT2D eigenvalue weighted by molar-refractivity contribution is 7.90. The van der Waals surface area contributed by atoms with Gasteiger partial charge >= 0.3 is 5.97 Å². The summed E-state index contributed by atoms with van der Waals surface area (Å²) in [5.41, 5.74) is 0.931. The molecule has 0 unspecified atom stereocenters. The fourth-order valence-electron chi connectivity index (χ4n) is 3.04. The minimum Gasteiger partial charge on any atom is -0.496 e. The Balaban J connectivity index is 2.18. The molecule has 0 amide bonds. The number of carboxylic acids is 1. The number of methoxy groups -OCH3 is 1. The van der Waals surface area contributed by atoms with Gasteiger partial charge in [-0.15, -0.1) is 0 Å². The quantitative estimate of drug-likeness (QED) is 0.719. The van der Waals surface area contributed by atoms with E-state index in [4.69, 9.17) is 4.74 Å². The first-order valence-electron chi connectivity index (χ1n) is 7.99. The van der Waals surface area contributed by atoms with Gasteiger partial charge in [0, 0.05) is 5.39 Å². The number of ether oxygens (including phenoxy) is 1. The number of hydrogen-bond donors (Lipinski definition) is 1. The summed E-state index contributed by atoms with van der Waals surface area (Å²) in [4.78, 5) is 11.6. The Morgan fingerprint density at radius 1 is 1.00 bits per heavy atom. The van der Waals surface area contributed by atoms with Crippen LogP contribution in [-0.2, 0) is 26.8 Å². The lowest BCUT2D eigenvalue weighted by molar-refractivity contribution is -0.136. The molecule has 0 saturated heterocycles. The molecule has 0 bridgehead atoms. The number of fused-ring (bicyclic) bond motifs is 1. The molecule has 134 valence electrons. The van der Waals surface area contributed by atoms with Crippen molar-refractivity contribution in [1.29, 1.82) is 0 Å². The molecule has 26 heavy (non-hydrogen) atoms. The molecule has 0 fully saturated rings. The van der Waals surface area contributed by atoms with Crippen LogP contribution in [0, 0.1) is 0 Å². The maximum absolute atomic E-state index is 12.8. The summed E-state index contributed by atoms with van der Waals surface area (Å²) < 4.78 is 30.9. The van der Waals surface area contributed by atoms with E-state index in [0.29, 0.717) is 22.3 Å². The van der Waals surface area contributed by atoms with Crippen LogP contribution in [0.25, 0.3) is 10.8 Å². The highest BCUT2D eigenvalue weighted by atomic mass is 32.2. The Morgan fingerprint density at radius 3 is 2.38 bits per heavy atom. The van der Waals surface area contributed by atoms with E-state index in [1.54, 1.807) is 36.4 Å². The van der Waals surface area contributed by atoms with Crippen molar-refractivity contribution in [2.45, 2.75) is 17.1 Å². The van der Waals surface area contributed by atoms with Gasteiger partial charge in [0.25, 0.3) is 0 Å². The Hall–Kier alpha value is -2.86. The summed E-state index contributed by atoms with van der Waals surface area (Å²) >= 11 is 0. The molecule has 0 heterocycles. The monoisotopic (exact) mass is 370 g/mol. The lowest BCUT2D eigenvalue weighted by Gasteiger charge is -2.15. The van der Waals surface area contributed by atoms with E-state index in [1.807, 2.05) is 12.1 Å². The largest absolute Gasteiger partial charge is 0.496 e. The average Bonchev–Trinajstić information content (AvgIpc) is 2.63. The Morgan fingerprint density at radius 2 is 1.73 bits per heavy atom. The van der Waals surface area contributed by atoms with Gasteiger partial charge in [0.2, 0.25) is 0 Å². The summed E-state index contributed by atoms with van der Waals surface area (Å²) in [7, 11) is -2.09. The number of carboxylic acid groups (broad SMARTS) is 1. The third-order valence-corrected chi connectivity index (χ3v) is 5.89. The van der Waals surface area contributed by atoms with Crippen LogP contribution in [0.3, 0.4) is 0 Å². The maximum atomic E-state index is 12.8. The van der Waals surface area contributed by atoms with E-state index < -0.39 is 15.8 Å². The van der Waals surface area contributed by atoms with Gasteiger partial charge in [-0.3, -0.25) is 4.79 Å². The van der Waals surface area contributed by atoms with Crippen LogP contribution < -0.4 is 4.74 Å². The Labute approximate surface area is 151 Å². The molecule has 0 aliphatic carbocycles. The zero-order chi connectivity index (χ0) is 18.7. The van der Waals surface area contributed by atoms with Crippen LogP contribution in [0.1, 0.15) is 11.1 Å². The lowest BCUT2D eigenvalue weighted by atomic mass is 9.96. The van der Waals surface area contributed by atoms with E-state index >= 15 is 0 Å². The number of hydrogen-bond acceptors (Lipinski definition) is 4. The SMILES string of the molecule is COc1cccc2ccc(CS(=O)(=O)c3ccccc3)c(CC(=O)O)c12. The maximum Gasteiger partial charge on any atom is 0.307 e. The zero-order valence-corrected chi connectivity index (χ0v) is 15.0. The predicted octanol–water partition coefficient (Wildman–Crippen LogP) is 3.45. The molecular formula is C20H18O5S. The normalized spacial score (nSPS) is 11.4. The van der Waals surface area contributed by atoms with Gasteiger partial charge in [0.05, 0.1) is 24.2 Å². The van der Waals surface area contributed by atoms with Crippen LogP contribution in [0.15, 0.2) is 65.6 Å². The first-order valence-corrected chi connectivity index (χ1v) is 9.64. The highest BCUT2D eigenvalue weighted by Gasteiger charge is 2.21. The van der Waals surface area contributed by atoms with Crippen LogP contribution >= 0.6 is 0 Å². The van der Waals surface area contributed by atoms with Crippen molar-refractivity contribution in [2.75, 3.05) is 7.11 Å². The topological polar surface area (TPSA) is 80.7 Å². The van der Waals surface area contributed by atoms with Gasteiger partial charge in [0.1, 0.15) is 5.75 Å². The number of aliphatic carboxylic acids is 1. The van der Waals surface area contributed by atoms with Crippen molar-refractivity contribution < 1.29 is 23.1 Å². The molecule has 0 radical (unpaired) electrons. The van der Waals surface area contributed by atoms with E-state index in [1.165, 1.54) is 19.2 Å². The molecule has 0 saturated carbocycles. The summed E-state index contributed by atoms with van der Waals surface area (Å²) in [6.07, 6.45) is -0.280. The standard InChI is InChI=1S/C20H18O5S/c1-25-18-9-5-6-14-10-11-15(17(20(14)18)12-19(21)22)13-26(23,24)16-7-3-2-4-8-16/h2-11H,12-13H2,1H3,(H,21,22). The molecule has 0 aromatic heterocycles. The van der Waals surface area contributed by atoms with Crippen LogP contribution in [0.4, 0.5) is 0 Å². The van der Waals surface area contributed by atoms with E-state index in [2.05, 4.69) is 0 Å². The summed E-state index contributed by atoms with van der Waals surface area (Å²) in [5.74, 6) is -0.771. The molecule has 3 rings (SSSR count). The van der Waals surface area contributed by atoms with Crippen molar-refractivity contribution in [1.82, 2.24) is 0 Å². The number of sulfone groups is 1. The van der Waals surface area contributed by atoms with Gasteiger partial charge < -0.3 is 9.84 Å². The van der Waals surface area contributed by atoms with E-state index in [-0.39, 0.29) is 17.1 Å². The predicted molar refractivity (Wildman–Crippen MR) is 99.2 cm³/mol. The lowest BCUT2D eigenvalue weighted by Crippen LogP contribution is -2.10. The third kappa shape index (κ3) is 3.55. The van der Waals surface area contributed by atoms with Gasteiger partial charge in [-0.25, -0.2) is 8.42 Å². The molecule has 3 aromatic rings. The average molecular weight is 370 g/mol. The number of benzene rings is 3. The smallest absolute Gasteiger partial charge is 0.307 e. The third-order valence-electron chi connectivity index (χ3n) is 4.21. The van der Waals surface area contributed by atoms with Crippen molar-refractivity contribution >= 4 is 26.6 Å². The highest BCUT2D eigenvalue weighted by Crippen LogP contribution is 2.33. The Kier molecular flexibility index (Phi) is 4.95. The summed E-state index contributed by atoms with van der Waals surface area (Å²) in [5, 5.41) is 10.8. The molecule has 3 aromatic carbocycles. The Bertz CT molecular complexity index is 1060. The number of rotatable bonds is 6. The molecule has 0 aliphatic rings. The molecule has 0 aliphatic heterocycles. The zero-order valence-electron chi connectivity index (χ0n) is 14.2. The summed E-state index contributed by atoms with van der Waals surface area (Å²) in [6, 6.07) is 17.0.